The van der Waals surface area contributed by atoms with Crippen molar-refractivity contribution in [3.05, 3.63) is 81.1 Å². The molecule has 0 saturated carbocycles. The number of benzene rings is 2. The summed E-state index contributed by atoms with van der Waals surface area (Å²) in [5.74, 6) is -1.71. The van der Waals surface area contributed by atoms with Crippen molar-refractivity contribution >= 4 is 57.4 Å². The number of nitrogens with one attached hydrogen (secondary N) is 2. The predicted octanol–water partition coefficient (Wildman–Crippen LogP) is 1.69. The standard InChI is InChI=1S/C19H15ClN2O4.Mg.2H/c20-13-7-5-11(6-8-13)18(24)22-16(19(25)26)9-12-10-17(23)21-15-4-2-1-3-14(12)15;;;/h1-8,10,16H,9H2,(H,21,23)(H,22,24)(H,25,26);;;. The molecular formula is C19H17ClMgN2O4. The average Bonchev–Trinajstić information content (AvgIpc) is 2.61. The zero-order valence-electron chi connectivity index (χ0n) is 13.5. The normalized spacial score (nSPS) is 11.4. The number of hydrogen-bond acceptors (Lipinski definition) is 3. The van der Waals surface area contributed by atoms with E-state index in [1.54, 1.807) is 36.4 Å². The van der Waals surface area contributed by atoms with Crippen molar-refractivity contribution in [2.45, 2.75) is 12.5 Å². The third-order valence-corrected chi connectivity index (χ3v) is 4.22. The fourth-order valence-corrected chi connectivity index (χ4v) is 2.83. The van der Waals surface area contributed by atoms with Gasteiger partial charge < -0.3 is 15.4 Å². The molecule has 3 N–H and O–H groups in total. The quantitative estimate of drug-likeness (QED) is 0.571. The summed E-state index contributed by atoms with van der Waals surface area (Å²) in [4.78, 5) is 38.5. The van der Waals surface area contributed by atoms with Crippen LogP contribution in [0.2, 0.25) is 5.02 Å². The Morgan fingerprint density at radius 2 is 1.78 bits per heavy atom. The van der Waals surface area contributed by atoms with Crippen LogP contribution in [0.4, 0.5) is 0 Å². The molecule has 3 aromatic rings. The van der Waals surface area contributed by atoms with Gasteiger partial charge in [0.25, 0.3) is 5.91 Å². The van der Waals surface area contributed by atoms with Crippen LogP contribution >= 0.6 is 11.6 Å². The van der Waals surface area contributed by atoms with Gasteiger partial charge in [0.2, 0.25) is 5.56 Å². The molecule has 2 aromatic carbocycles. The maximum Gasteiger partial charge on any atom is 0.326 e. The van der Waals surface area contributed by atoms with Crippen molar-refractivity contribution < 1.29 is 14.7 Å². The molecule has 1 amide bonds. The first-order valence-electron chi connectivity index (χ1n) is 7.84. The number of carbonyl (C=O) groups excluding carboxylic acids is 1. The van der Waals surface area contributed by atoms with Crippen LogP contribution < -0.4 is 10.9 Å². The van der Waals surface area contributed by atoms with Gasteiger partial charge in [-0.25, -0.2) is 4.79 Å². The van der Waals surface area contributed by atoms with E-state index < -0.39 is 17.9 Å². The summed E-state index contributed by atoms with van der Waals surface area (Å²) >= 11 is 5.79. The van der Waals surface area contributed by atoms with Crippen LogP contribution in [0.15, 0.2) is 59.4 Å². The van der Waals surface area contributed by atoms with Crippen LogP contribution in [0.1, 0.15) is 15.9 Å². The molecule has 0 bridgehead atoms. The van der Waals surface area contributed by atoms with E-state index in [9.17, 15) is 19.5 Å². The molecule has 0 aliphatic heterocycles. The van der Waals surface area contributed by atoms with Crippen molar-refractivity contribution in [3.8, 4) is 0 Å². The Balaban J connectivity index is 0.00000261. The number of aromatic nitrogens is 1. The Morgan fingerprint density at radius 3 is 2.44 bits per heavy atom. The molecule has 8 heteroatoms. The number of para-hydroxylation sites is 1. The highest BCUT2D eigenvalue weighted by Gasteiger charge is 2.22. The molecule has 0 fully saturated rings. The predicted molar refractivity (Wildman–Crippen MR) is 107 cm³/mol. The van der Waals surface area contributed by atoms with Crippen molar-refractivity contribution in [2.75, 3.05) is 0 Å². The molecular weight excluding hydrogens is 380 g/mol. The van der Waals surface area contributed by atoms with Gasteiger partial charge in [-0.2, -0.15) is 0 Å². The number of carbonyl (C=O) groups is 2. The lowest BCUT2D eigenvalue weighted by atomic mass is 10.0. The maximum absolute atomic E-state index is 12.3. The van der Waals surface area contributed by atoms with Crippen LogP contribution in [0, 0.1) is 0 Å². The molecule has 27 heavy (non-hydrogen) atoms. The lowest BCUT2D eigenvalue weighted by Crippen LogP contribution is -2.42. The number of H-pyrrole nitrogens is 1. The Kier molecular flexibility index (Phi) is 7.01. The number of rotatable bonds is 5. The van der Waals surface area contributed by atoms with Crippen molar-refractivity contribution in [1.82, 2.24) is 10.3 Å². The van der Waals surface area contributed by atoms with Crippen molar-refractivity contribution in [3.63, 3.8) is 0 Å². The second-order valence-electron chi connectivity index (χ2n) is 5.78. The first kappa shape index (κ1) is 21.0. The first-order chi connectivity index (χ1) is 12.4. The van der Waals surface area contributed by atoms with E-state index in [0.29, 0.717) is 21.7 Å². The number of halogens is 1. The lowest BCUT2D eigenvalue weighted by molar-refractivity contribution is -0.139. The van der Waals surface area contributed by atoms with E-state index in [1.807, 2.05) is 0 Å². The number of amides is 1. The zero-order valence-corrected chi connectivity index (χ0v) is 14.3. The molecule has 3 rings (SSSR count). The van der Waals surface area contributed by atoms with Gasteiger partial charge in [-0.1, -0.05) is 29.8 Å². The van der Waals surface area contributed by atoms with Crippen LogP contribution in [0.25, 0.3) is 10.9 Å². The first-order valence-corrected chi connectivity index (χ1v) is 8.22. The van der Waals surface area contributed by atoms with E-state index in [2.05, 4.69) is 10.3 Å². The molecule has 136 valence electrons. The highest BCUT2D eigenvalue weighted by molar-refractivity contribution is 6.30. The maximum atomic E-state index is 12.3. The van der Waals surface area contributed by atoms with Crippen LogP contribution in [-0.2, 0) is 11.2 Å². The largest absolute Gasteiger partial charge is 0.480 e. The summed E-state index contributed by atoms with van der Waals surface area (Å²) < 4.78 is 0. The molecule has 1 heterocycles. The highest BCUT2D eigenvalue weighted by atomic mass is 35.5. The Bertz CT molecular complexity index is 1030. The summed E-state index contributed by atoms with van der Waals surface area (Å²) in [6, 6.07) is 13.4. The summed E-state index contributed by atoms with van der Waals surface area (Å²) in [6.07, 6.45) is -0.0148. The number of aliphatic carboxylic acids is 1. The summed E-state index contributed by atoms with van der Waals surface area (Å²) in [6.45, 7) is 0. The minimum atomic E-state index is -1.18. The smallest absolute Gasteiger partial charge is 0.326 e. The lowest BCUT2D eigenvalue weighted by Gasteiger charge is -2.16. The van der Waals surface area contributed by atoms with E-state index in [1.165, 1.54) is 18.2 Å². The summed E-state index contributed by atoms with van der Waals surface area (Å²) in [5.41, 5.74) is 1.14. The van der Waals surface area contributed by atoms with Gasteiger partial charge in [0.1, 0.15) is 6.04 Å². The second kappa shape index (κ2) is 9.03. The second-order valence-corrected chi connectivity index (χ2v) is 6.22. The SMILES string of the molecule is O=C(NC(Cc1cc(=O)[nH]c2ccccc12)C(=O)O)c1ccc(Cl)cc1.[MgH2]. The number of aromatic amines is 1. The molecule has 1 atom stereocenters. The third-order valence-electron chi connectivity index (χ3n) is 3.97. The molecule has 0 radical (unpaired) electrons. The molecule has 1 aromatic heterocycles. The molecule has 6 nitrogen and oxygen atoms in total. The number of carboxylic acid groups (broad SMARTS) is 1. The van der Waals surface area contributed by atoms with Gasteiger partial charge >= 0.3 is 29.0 Å². The Labute approximate surface area is 175 Å². The number of hydrogen-bond donors (Lipinski definition) is 3. The monoisotopic (exact) mass is 396 g/mol. The van der Waals surface area contributed by atoms with Gasteiger partial charge in [-0.3, -0.25) is 9.59 Å². The fraction of sp³-hybridized carbons (Fsp3) is 0.105. The van der Waals surface area contributed by atoms with E-state index in [0.717, 1.165) is 5.39 Å². The van der Waals surface area contributed by atoms with Crippen LogP contribution in [0.3, 0.4) is 0 Å². The van der Waals surface area contributed by atoms with Gasteiger partial charge in [-0.15, -0.1) is 0 Å². The fourth-order valence-electron chi connectivity index (χ4n) is 2.71. The highest BCUT2D eigenvalue weighted by Crippen LogP contribution is 2.17. The van der Waals surface area contributed by atoms with Crippen LogP contribution in [0.5, 0.6) is 0 Å². The average molecular weight is 397 g/mol. The number of pyridine rings is 1. The van der Waals surface area contributed by atoms with Crippen molar-refractivity contribution in [1.29, 1.82) is 0 Å². The Hall–Kier alpha value is -2.35. The number of fused-ring (bicyclic) bond motifs is 1. The van der Waals surface area contributed by atoms with E-state index in [-0.39, 0.29) is 35.0 Å². The summed E-state index contributed by atoms with van der Waals surface area (Å²) in [5, 5.41) is 13.2. The zero-order chi connectivity index (χ0) is 18.7. The van der Waals surface area contributed by atoms with Gasteiger partial charge in [0, 0.05) is 34.0 Å². The topological polar surface area (TPSA) is 99.3 Å². The Morgan fingerprint density at radius 1 is 1.11 bits per heavy atom. The molecule has 0 aliphatic carbocycles. The van der Waals surface area contributed by atoms with E-state index in [4.69, 9.17) is 11.6 Å². The van der Waals surface area contributed by atoms with Crippen LogP contribution in [-0.4, -0.2) is 51.1 Å². The van der Waals surface area contributed by atoms with Gasteiger partial charge in [0.15, 0.2) is 0 Å². The van der Waals surface area contributed by atoms with E-state index >= 15 is 0 Å². The van der Waals surface area contributed by atoms with Crippen molar-refractivity contribution in [2.24, 2.45) is 0 Å². The van der Waals surface area contributed by atoms with Gasteiger partial charge in [0.05, 0.1) is 0 Å². The number of carboxylic acids is 1. The summed E-state index contributed by atoms with van der Waals surface area (Å²) in [7, 11) is 0. The molecule has 0 spiro atoms. The van der Waals surface area contributed by atoms with Gasteiger partial charge in [-0.05, 0) is 35.9 Å². The molecule has 1 unspecified atom stereocenters. The molecule has 0 aliphatic rings. The third kappa shape index (κ3) is 5.09. The minimum Gasteiger partial charge on any atom is -0.480 e. The molecule has 0 saturated heterocycles. The minimum absolute atomic E-state index is 0.